The van der Waals surface area contributed by atoms with Gasteiger partial charge in [0.25, 0.3) is 5.91 Å². The number of aryl methyl sites for hydroxylation is 1. The number of benzene rings is 2. The lowest BCUT2D eigenvalue weighted by atomic mass is 10.2. The van der Waals surface area contributed by atoms with Gasteiger partial charge in [-0.1, -0.05) is 23.4 Å². The van der Waals surface area contributed by atoms with Crippen LogP contribution in [0.4, 0.5) is 0 Å². The van der Waals surface area contributed by atoms with Gasteiger partial charge in [-0.25, -0.2) is 0 Å². The Hall–Kier alpha value is -3.59. The lowest BCUT2D eigenvalue weighted by Gasteiger charge is -2.10. The van der Waals surface area contributed by atoms with E-state index in [0.717, 1.165) is 11.4 Å². The summed E-state index contributed by atoms with van der Waals surface area (Å²) in [4.78, 5) is 12.5. The predicted molar refractivity (Wildman–Crippen MR) is 111 cm³/mol. The van der Waals surface area contributed by atoms with E-state index in [0.29, 0.717) is 27.3 Å². The van der Waals surface area contributed by atoms with Gasteiger partial charge >= 0.3 is 0 Å². The third-order valence-corrected chi connectivity index (χ3v) is 5.12. The second kappa shape index (κ2) is 8.83. The minimum atomic E-state index is -0.207. The molecular weight excluding hydrogens is 402 g/mol. The standard InChI is InChI=1S/C21H19N5O3S/c1-14-12-19(25-29-14)30-21-24-23-18(26(21)16-6-4-3-5-7-16)13-22-20(27)15-8-10-17(28-2)11-9-15/h3-12H,13H2,1-2H3,(H,22,27). The zero-order valence-corrected chi connectivity index (χ0v) is 17.2. The largest absolute Gasteiger partial charge is 0.497 e. The maximum Gasteiger partial charge on any atom is 0.251 e. The van der Waals surface area contributed by atoms with Gasteiger partial charge < -0.3 is 14.6 Å². The fourth-order valence-corrected chi connectivity index (χ4v) is 3.68. The van der Waals surface area contributed by atoms with Crippen molar-refractivity contribution in [1.29, 1.82) is 0 Å². The maximum absolute atomic E-state index is 12.5. The Bertz CT molecular complexity index is 1140. The molecule has 2 heterocycles. The molecule has 0 bridgehead atoms. The Morgan fingerprint density at radius 1 is 1.13 bits per heavy atom. The van der Waals surface area contributed by atoms with Crippen molar-refractivity contribution in [3.8, 4) is 11.4 Å². The summed E-state index contributed by atoms with van der Waals surface area (Å²) in [6.07, 6.45) is 0. The van der Waals surface area contributed by atoms with Crippen LogP contribution in [-0.2, 0) is 6.54 Å². The molecule has 8 nitrogen and oxygen atoms in total. The van der Waals surface area contributed by atoms with Gasteiger partial charge in [0.2, 0.25) is 5.16 Å². The molecule has 1 N–H and O–H groups in total. The molecule has 0 fully saturated rings. The first-order chi connectivity index (χ1) is 14.6. The number of rotatable bonds is 7. The third-order valence-electron chi connectivity index (χ3n) is 4.28. The molecule has 2 aromatic heterocycles. The van der Waals surface area contributed by atoms with E-state index in [9.17, 15) is 4.79 Å². The molecule has 1 amide bonds. The van der Waals surface area contributed by atoms with Crippen molar-refractivity contribution in [3.05, 3.63) is 77.8 Å². The zero-order valence-electron chi connectivity index (χ0n) is 16.4. The van der Waals surface area contributed by atoms with Gasteiger partial charge in [0.05, 0.1) is 13.7 Å². The fraction of sp³-hybridized carbons (Fsp3) is 0.143. The Morgan fingerprint density at radius 3 is 2.57 bits per heavy atom. The normalized spacial score (nSPS) is 10.7. The lowest BCUT2D eigenvalue weighted by Crippen LogP contribution is -2.24. The Kier molecular flexibility index (Phi) is 5.80. The molecule has 9 heteroatoms. The quantitative estimate of drug-likeness (QED) is 0.487. The first-order valence-corrected chi connectivity index (χ1v) is 9.99. The number of hydrogen-bond acceptors (Lipinski definition) is 7. The third kappa shape index (κ3) is 4.36. The van der Waals surface area contributed by atoms with E-state index in [1.165, 1.54) is 11.8 Å². The number of nitrogens with zero attached hydrogens (tertiary/aromatic N) is 4. The van der Waals surface area contributed by atoms with Crippen LogP contribution in [0.1, 0.15) is 21.9 Å². The highest BCUT2D eigenvalue weighted by molar-refractivity contribution is 7.99. The first-order valence-electron chi connectivity index (χ1n) is 9.17. The molecule has 0 aliphatic rings. The number of carbonyl (C=O) groups excluding carboxylic acids is 1. The van der Waals surface area contributed by atoms with Crippen molar-refractivity contribution >= 4 is 17.7 Å². The van der Waals surface area contributed by atoms with E-state index in [-0.39, 0.29) is 12.5 Å². The van der Waals surface area contributed by atoms with Crippen molar-refractivity contribution in [2.45, 2.75) is 23.7 Å². The number of methoxy groups -OCH3 is 1. The molecule has 152 valence electrons. The van der Waals surface area contributed by atoms with E-state index in [1.54, 1.807) is 31.4 Å². The van der Waals surface area contributed by atoms with Gasteiger partial charge in [-0.15, -0.1) is 10.2 Å². The lowest BCUT2D eigenvalue weighted by molar-refractivity contribution is 0.0949. The summed E-state index contributed by atoms with van der Waals surface area (Å²) in [5, 5.41) is 16.8. The Balaban J connectivity index is 1.57. The summed E-state index contributed by atoms with van der Waals surface area (Å²) < 4.78 is 12.2. The SMILES string of the molecule is COc1ccc(C(=O)NCc2nnc(Sc3cc(C)on3)n2-c2ccccc2)cc1. The zero-order chi connectivity index (χ0) is 20.9. The number of carbonyl (C=O) groups is 1. The number of amides is 1. The minimum Gasteiger partial charge on any atom is -0.497 e. The average molecular weight is 421 g/mol. The topological polar surface area (TPSA) is 95.1 Å². The monoisotopic (exact) mass is 421 g/mol. The summed E-state index contributed by atoms with van der Waals surface area (Å²) in [5.74, 6) is 1.81. The summed E-state index contributed by atoms with van der Waals surface area (Å²) in [7, 11) is 1.58. The number of ether oxygens (including phenoxy) is 1. The first kappa shape index (κ1) is 19.7. The van der Waals surface area contributed by atoms with Crippen molar-refractivity contribution in [2.75, 3.05) is 7.11 Å². The molecule has 0 aliphatic carbocycles. The Morgan fingerprint density at radius 2 is 1.90 bits per heavy atom. The van der Waals surface area contributed by atoms with Crippen LogP contribution in [0.3, 0.4) is 0 Å². The predicted octanol–water partition coefficient (Wildman–Crippen LogP) is 3.65. The second-order valence-corrected chi connectivity index (χ2v) is 7.35. The molecule has 0 spiro atoms. The van der Waals surface area contributed by atoms with Crippen LogP contribution in [0.5, 0.6) is 5.75 Å². The van der Waals surface area contributed by atoms with E-state index in [1.807, 2.05) is 47.9 Å². The van der Waals surface area contributed by atoms with Crippen molar-refractivity contribution in [3.63, 3.8) is 0 Å². The van der Waals surface area contributed by atoms with E-state index < -0.39 is 0 Å². The number of aromatic nitrogens is 4. The maximum atomic E-state index is 12.5. The average Bonchev–Trinajstić information content (AvgIpc) is 3.38. The van der Waals surface area contributed by atoms with Gasteiger partial charge in [-0.05, 0) is 55.1 Å². The molecule has 0 saturated carbocycles. The molecule has 0 atom stereocenters. The van der Waals surface area contributed by atoms with E-state index in [2.05, 4.69) is 20.7 Å². The highest BCUT2D eigenvalue weighted by atomic mass is 32.2. The molecule has 0 aliphatic heterocycles. The van der Waals surface area contributed by atoms with Crippen LogP contribution in [0, 0.1) is 6.92 Å². The van der Waals surface area contributed by atoms with Gasteiger partial charge in [-0.2, -0.15) is 0 Å². The van der Waals surface area contributed by atoms with Crippen LogP contribution in [-0.4, -0.2) is 32.9 Å². The van der Waals surface area contributed by atoms with Gasteiger partial charge in [-0.3, -0.25) is 9.36 Å². The number of hydrogen-bond donors (Lipinski definition) is 1. The summed E-state index contributed by atoms with van der Waals surface area (Å²) in [6.45, 7) is 2.05. The number of para-hydroxylation sites is 1. The number of nitrogens with one attached hydrogen (secondary N) is 1. The van der Waals surface area contributed by atoms with Crippen molar-refractivity contribution in [1.82, 2.24) is 25.2 Å². The molecular formula is C21H19N5O3S. The second-order valence-electron chi connectivity index (χ2n) is 6.36. The highest BCUT2D eigenvalue weighted by Crippen LogP contribution is 2.28. The van der Waals surface area contributed by atoms with Gasteiger partial charge in [0.1, 0.15) is 16.5 Å². The van der Waals surface area contributed by atoms with Gasteiger partial charge in [0.15, 0.2) is 5.82 Å². The van der Waals surface area contributed by atoms with Crippen LogP contribution < -0.4 is 10.1 Å². The molecule has 0 unspecified atom stereocenters. The van der Waals surface area contributed by atoms with Gasteiger partial charge in [0, 0.05) is 17.3 Å². The van der Waals surface area contributed by atoms with E-state index in [4.69, 9.17) is 9.26 Å². The highest BCUT2D eigenvalue weighted by Gasteiger charge is 2.17. The summed E-state index contributed by atoms with van der Waals surface area (Å²) in [5.41, 5.74) is 1.42. The van der Waals surface area contributed by atoms with E-state index >= 15 is 0 Å². The molecule has 4 rings (SSSR count). The molecule has 0 radical (unpaired) electrons. The molecule has 2 aromatic carbocycles. The van der Waals surface area contributed by atoms with Crippen LogP contribution in [0.25, 0.3) is 5.69 Å². The van der Waals surface area contributed by atoms with Crippen LogP contribution in [0.2, 0.25) is 0 Å². The molecule has 30 heavy (non-hydrogen) atoms. The van der Waals surface area contributed by atoms with Crippen molar-refractivity contribution < 1.29 is 14.1 Å². The minimum absolute atomic E-state index is 0.207. The summed E-state index contributed by atoms with van der Waals surface area (Å²) in [6, 6.07) is 18.5. The fourth-order valence-electron chi connectivity index (χ4n) is 2.81. The van der Waals surface area contributed by atoms with Crippen LogP contribution >= 0.6 is 11.8 Å². The molecule has 4 aromatic rings. The summed E-state index contributed by atoms with van der Waals surface area (Å²) >= 11 is 1.34. The van der Waals surface area contributed by atoms with Crippen molar-refractivity contribution in [2.24, 2.45) is 0 Å². The smallest absolute Gasteiger partial charge is 0.251 e. The Labute approximate surface area is 177 Å². The van der Waals surface area contributed by atoms with Crippen LogP contribution in [0.15, 0.2) is 75.4 Å². The molecule has 0 saturated heterocycles.